The molecule has 0 aromatic carbocycles. The highest BCUT2D eigenvalue weighted by atomic mass is 32.2. The molecule has 2 unspecified atom stereocenters. The van der Waals surface area contributed by atoms with Gasteiger partial charge in [-0.3, -0.25) is 18.8 Å². The monoisotopic (exact) mass is 326 g/mol. The Morgan fingerprint density at radius 1 is 1.45 bits per heavy atom. The van der Waals surface area contributed by atoms with Gasteiger partial charge in [0.1, 0.15) is 0 Å². The van der Waals surface area contributed by atoms with Gasteiger partial charge in [0, 0.05) is 22.0 Å². The van der Waals surface area contributed by atoms with Crippen molar-refractivity contribution in [2.45, 2.75) is 51.3 Å². The Balaban J connectivity index is 2.52. The molecule has 0 bridgehead atoms. The van der Waals surface area contributed by atoms with Gasteiger partial charge >= 0.3 is 0 Å². The summed E-state index contributed by atoms with van der Waals surface area (Å²) in [5.74, 6) is -0.289. The second-order valence-electron chi connectivity index (χ2n) is 6.66. The molecule has 0 saturated carbocycles. The highest BCUT2D eigenvalue weighted by molar-refractivity contribution is 7.74. The summed E-state index contributed by atoms with van der Waals surface area (Å²) in [5.41, 5.74) is 6.49. The number of carbonyl (C=O) groups excluding carboxylic acids is 1. The van der Waals surface area contributed by atoms with E-state index in [9.17, 15) is 9.00 Å². The molecular formula is C15H26N4O2S. The average Bonchev–Trinajstić information content (AvgIpc) is 2.42. The fourth-order valence-electron chi connectivity index (χ4n) is 2.18. The summed E-state index contributed by atoms with van der Waals surface area (Å²) in [7, 11) is -2.02. The van der Waals surface area contributed by atoms with Crippen LogP contribution in [0.5, 0.6) is 0 Å². The lowest BCUT2D eigenvalue weighted by Gasteiger charge is -2.24. The Morgan fingerprint density at radius 3 is 2.64 bits per heavy atom. The molecular weight excluding hydrogens is 300 g/mol. The Labute approximate surface area is 133 Å². The molecule has 0 fully saturated rings. The molecule has 1 aromatic heterocycles. The molecule has 6 nitrogen and oxygen atoms in total. The molecule has 22 heavy (non-hydrogen) atoms. The van der Waals surface area contributed by atoms with Gasteiger partial charge in [-0.25, -0.2) is 0 Å². The predicted molar refractivity (Wildman–Crippen MR) is 90.2 cm³/mol. The van der Waals surface area contributed by atoms with Gasteiger partial charge in [0.25, 0.3) is 0 Å². The predicted octanol–water partition coefficient (Wildman–Crippen LogP) is 2.18. The molecule has 7 heteroatoms. The largest absolute Gasteiger partial charge is 0.323 e. The molecule has 1 amide bonds. The zero-order chi connectivity index (χ0) is 16.8. The lowest BCUT2D eigenvalue weighted by atomic mass is 9.89. The quantitative estimate of drug-likeness (QED) is 0.576. The van der Waals surface area contributed by atoms with E-state index in [1.807, 2.05) is 20.8 Å². The number of hydrogen-bond acceptors (Lipinski definition) is 5. The van der Waals surface area contributed by atoms with Crippen molar-refractivity contribution in [3.05, 3.63) is 24.5 Å². The first kappa shape index (κ1) is 18.6. The first-order chi connectivity index (χ1) is 10.2. The third-order valence-corrected chi connectivity index (χ3v) is 4.36. The van der Waals surface area contributed by atoms with Gasteiger partial charge in [0.2, 0.25) is 5.91 Å². The number of rotatable bonds is 7. The zero-order valence-corrected chi connectivity index (χ0v) is 14.3. The van der Waals surface area contributed by atoms with Crippen LogP contribution in [-0.4, -0.2) is 26.4 Å². The van der Waals surface area contributed by atoms with E-state index < -0.39 is 16.6 Å². The number of thiol groups is 1. The number of amides is 1. The molecule has 1 rings (SSSR count). The minimum atomic E-state index is -2.02. The van der Waals surface area contributed by atoms with Crippen molar-refractivity contribution in [1.82, 2.24) is 4.98 Å². The minimum absolute atomic E-state index is 0.00122. The van der Waals surface area contributed by atoms with E-state index in [2.05, 4.69) is 10.3 Å². The maximum atomic E-state index is 12.0. The first-order valence-corrected chi connectivity index (χ1v) is 8.66. The van der Waals surface area contributed by atoms with Crippen LogP contribution in [-0.2, 0) is 15.4 Å². The van der Waals surface area contributed by atoms with Crippen LogP contribution in [0.15, 0.2) is 24.5 Å². The molecule has 0 aliphatic heterocycles. The van der Waals surface area contributed by atoms with E-state index in [-0.39, 0.29) is 16.6 Å². The average molecular weight is 326 g/mol. The Hall–Kier alpha value is -1.47. The molecule has 0 radical (unpaired) electrons. The van der Waals surface area contributed by atoms with Crippen molar-refractivity contribution in [1.29, 1.82) is 4.78 Å². The van der Waals surface area contributed by atoms with Gasteiger partial charge in [-0.1, -0.05) is 20.8 Å². The van der Waals surface area contributed by atoms with Crippen molar-refractivity contribution in [3.63, 3.8) is 0 Å². The summed E-state index contributed by atoms with van der Waals surface area (Å²) < 4.78 is 19.1. The van der Waals surface area contributed by atoms with E-state index in [0.29, 0.717) is 24.9 Å². The Bertz CT molecular complexity index is 544. The Morgan fingerprint density at radius 2 is 2.14 bits per heavy atom. The highest BCUT2D eigenvalue weighted by Gasteiger charge is 2.22. The van der Waals surface area contributed by atoms with Crippen molar-refractivity contribution in [3.8, 4) is 0 Å². The summed E-state index contributed by atoms with van der Waals surface area (Å²) >= 11 is 0. The topological polar surface area (TPSA) is 109 Å². The third-order valence-electron chi connectivity index (χ3n) is 3.26. The first-order valence-electron chi connectivity index (χ1n) is 7.33. The maximum Gasteiger partial charge on any atom is 0.241 e. The van der Waals surface area contributed by atoms with Crippen LogP contribution in [0.3, 0.4) is 0 Å². The van der Waals surface area contributed by atoms with Crippen molar-refractivity contribution in [2.75, 3.05) is 5.32 Å². The SMILES string of the molecule is CC(C)(C)CC(CC[C@H](N)C(=O)Nc1cccnc1)[SH](=N)=O. The minimum Gasteiger partial charge on any atom is -0.323 e. The number of carbonyl (C=O) groups is 1. The summed E-state index contributed by atoms with van der Waals surface area (Å²) in [5, 5.41) is 2.47. The highest BCUT2D eigenvalue weighted by Crippen LogP contribution is 2.25. The van der Waals surface area contributed by atoms with Gasteiger partial charge in [-0.15, -0.1) is 0 Å². The van der Waals surface area contributed by atoms with Gasteiger partial charge in [-0.05, 0) is 36.8 Å². The summed E-state index contributed by atoms with van der Waals surface area (Å²) in [4.78, 5) is 15.9. The van der Waals surface area contributed by atoms with E-state index in [1.54, 1.807) is 24.5 Å². The van der Waals surface area contributed by atoms with Crippen LogP contribution >= 0.6 is 0 Å². The smallest absolute Gasteiger partial charge is 0.241 e. The lowest BCUT2D eigenvalue weighted by molar-refractivity contribution is -0.117. The van der Waals surface area contributed by atoms with Crippen LogP contribution in [0.4, 0.5) is 5.69 Å². The van der Waals surface area contributed by atoms with Crippen LogP contribution in [0.25, 0.3) is 0 Å². The van der Waals surface area contributed by atoms with Crippen molar-refractivity contribution in [2.24, 2.45) is 11.1 Å². The number of nitrogens with one attached hydrogen (secondary N) is 2. The second kappa shape index (κ2) is 8.24. The van der Waals surface area contributed by atoms with Gasteiger partial charge < -0.3 is 11.1 Å². The number of anilines is 1. The van der Waals surface area contributed by atoms with Gasteiger partial charge in [-0.2, -0.15) is 0 Å². The number of nitrogens with zero attached hydrogens (tertiary/aromatic N) is 1. The van der Waals surface area contributed by atoms with Gasteiger partial charge in [0.15, 0.2) is 0 Å². The molecule has 124 valence electrons. The fraction of sp³-hybridized carbons (Fsp3) is 0.600. The normalized spacial score (nSPS) is 15.8. The number of aromatic nitrogens is 1. The van der Waals surface area contributed by atoms with Crippen molar-refractivity contribution < 1.29 is 9.00 Å². The lowest BCUT2D eigenvalue weighted by Crippen LogP contribution is -2.36. The molecule has 0 aliphatic rings. The van der Waals surface area contributed by atoms with Gasteiger partial charge in [0.05, 0.1) is 17.9 Å². The molecule has 0 saturated heterocycles. The zero-order valence-electron chi connectivity index (χ0n) is 13.4. The Kier molecular flexibility index (Phi) is 6.96. The second-order valence-corrected chi connectivity index (χ2v) is 8.04. The molecule has 0 spiro atoms. The molecule has 1 aromatic rings. The summed E-state index contributed by atoms with van der Waals surface area (Å²) in [6.45, 7) is 6.15. The number of nitrogens with two attached hydrogens (primary N) is 1. The maximum absolute atomic E-state index is 12.0. The van der Waals surface area contributed by atoms with Crippen molar-refractivity contribution >= 4 is 22.2 Å². The summed E-state index contributed by atoms with van der Waals surface area (Å²) in [6.07, 6.45) is 4.78. The molecule has 0 aliphatic carbocycles. The van der Waals surface area contributed by atoms with E-state index in [1.165, 1.54) is 0 Å². The van der Waals surface area contributed by atoms with Crippen LogP contribution in [0, 0.1) is 10.2 Å². The van der Waals surface area contributed by atoms with Crippen LogP contribution in [0.1, 0.15) is 40.0 Å². The summed E-state index contributed by atoms with van der Waals surface area (Å²) in [6, 6.07) is 2.78. The number of hydrogen-bond donors (Lipinski definition) is 4. The standard InChI is InChI=1S/C15H26N4O2S/c1-15(2,3)9-12(22(17)21)6-7-13(16)14(20)19-11-5-4-8-18-10-11/h4-5,8,10,12-13,17,22H,6-7,9,16H2,1-3H3,(H,19,20)/t12?,13-/m0/s1. The number of pyridine rings is 1. The third kappa shape index (κ3) is 7.00. The van der Waals surface area contributed by atoms with E-state index in [0.717, 1.165) is 0 Å². The molecule has 4 N–H and O–H groups in total. The van der Waals surface area contributed by atoms with Crippen LogP contribution < -0.4 is 11.1 Å². The molecule has 1 heterocycles. The van der Waals surface area contributed by atoms with E-state index >= 15 is 0 Å². The van der Waals surface area contributed by atoms with E-state index in [4.69, 9.17) is 10.5 Å². The molecule has 3 atom stereocenters. The van der Waals surface area contributed by atoms with Crippen LogP contribution in [0.2, 0.25) is 0 Å². The fourth-order valence-corrected chi connectivity index (χ4v) is 3.28.